The molecule has 13 heteroatoms. The zero-order valence-electron chi connectivity index (χ0n) is 16.4. The molecule has 0 aromatic heterocycles. The highest BCUT2D eigenvalue weighted by atomic mass is 16.6. The number of amides is 1. The van der Waals surface area contributed by atoms with E-state index in [1.54, 1.807) is 0 Å². The van der Waals surface area contributed by atoms with E-state index < -0.39 is 74.0 Å². The number of aliphatic carboxylic acids is 1. The summed E-state index contributed by atoms with van der Waals surface area (Å²) in [5, 5.41) is 70.6. The van der Waals surface area contributed by atoms with Crippen molar-refractivity contribution in [2.24, 2.45) is 0 Å². The number of hydrogen-bond acceptors (Lipinski definition) is 11. The molecule has 0 aliphatic heterocycles. The molecule has 29 heavy (non-hydrogen) atoms. The average molecular weight is 429 g/mol. The second-order valence-electron chi connectivity index (χ2n) is 6.28. The van der Waals surface area contributed by atoms with Crippen LogP contribution in [-0.4, -0.2) is 118 Å². The van der Waals surface area contributed by atoms with E-state index in [-0.39, 0.29) is 6.42 Å². The summed E-state index contributed by atoms with van der Waals surface area (Å²) in [4.78, 5) is 22.2. The number of carboxylic acids is 1. The van der Waals surface area contributed by atoms with Gasteiger partial charge in [0.2, 0.25) is 5.91 Å². The van der Waals surface area contributed by atoms with Crippen molar-refractivity contribution in [3.05, 3.63) is 0 Å². The molecular formula is C16H31NO12. The van der Waals surface area contributed by atoms with Gasteiger partial charge in [0.05, 0.1) is 18.6 Å². The van der Waals surface area contributed by atoms with E-state index in [9.17, 15) is 35.1 Å². The fraction of sp³-hybridized carbons (Fsp3) is 0.875. The monoisotopic (exact) mass is 429 g/mol. The fourth-order valence-electron chi connectivity index (χ4n) is 2.55. The van der Waals surface area contributed by atoms with Gasteiger partial charge in [-0.3, -0.25) is 9.59 Å². The van der Waals surface area contributed by atoms with E-state index in [1.807, 2.05) is 0 Å². The molecule has 0 radical (unpaired) electrons. The minimum Gasteiger partial charge on any atom is -0.481 e. The van der Waals surface area contributed by atoms with Crippen LogP contribution in [0.25, 0.3) is 0 Å². The summed E-state index contributed by atoms with van der Waals surface area (Å²) in [6, 6.07) is -1.43. The Labute approximate surface area is 167 Å². The third-order valence-electron chi connectivity index (χ3n) is 4.07. The summed E-state index contributed by atoms with van der Waals surface area (Å²) < 4.78 is 14.7. The molecule has 13 nitrogen and oxygen atoms in total. The van der Waals surface area contributed by atoms with Crippen LogP contribution in [0.3, 0.4) is 0 Å². The van der Waals surface area contributed by atoms with Crippen LogP contribution in [-0.2, 0) is 23.8 Å². The molecule has 0 spiro atoms. The average Bonchev–Trinajstić information content (AvgIpc) is 2.66. The summed E-state index contributed by atoms with van der Waals surface area (Å²) in [6.07, 6.45) is -13.4. The first-order chi connectivity index (χ1) is 13.5. The van der Waals surface area contributed by atoms with Crippen molar-refractivity contribution in [3.8, 4) is 0 Å². The highest BCUT2D eigenvalue weighted by Crippen LogP contribution is 2.19. The summed E-state index contributed by atoms with van der Waals surface area (Å²) in [5.41, 5.74) is 0. The maximum Gasteiger partial charge on any atom is 0.306 e. The Balaban J connectivity index is 5.53. The molecule has 0 fully saturated rings. The van der Waals surface area contributed by atoms with Gasteiger partial charge in [-0.25, -0.2) is 0 Å². The number of rotatable bonds is 15. The Morgan fingerprint density at radius 2 is 1.55 bits per heavy atom. The molecule has 0 aliphatic carbocycles. The van der Waals surface area contributed by atoms with Gasteiger partial charge in [0.15, 0.2) is 12.6 Å². The first-order valence-corrected chi connectivity index (χ1v) is 8.71. The first kappa shape index (κ1) is 27.6. The van der Waals surface area contributed by atoms with Crippen molar-refractivity contribution in [1.29, 1.82) is 0 Å². The lowest BCUT2D eigenvalue weighted by atomic mass is 10.0. The lowest BCUT2D eigenvalue weighted by molar-refractivity contribution is -0.253. The molecular weight excluding hydrogens is 398 g/mol. The Bertz CT molecular complexity index is 493. The van der Waals surface area contributed by atoms with E-state index in [2.05, 4.69) is 5.32 Å². The van der Waals surface area contributed by atoms with Crippen molar-refractivity contribution >= 4 is 11.9 Å². The maximum atomic E-state index is 11.4. The largest absolute Gasteiger partial charge is 0.481 e. The number of nitrogens with one attached hydrogen (secondary N) is 1. The number of aliphatic hydroxyl groups is 6. The van der Waals surface area contributed by atoms with Gasteiger partial charge in [-0.2, -0.15) is 0 Å². The number of carbonyl (C=O) groups is 2. The minimum absolute atomic E-state index is 0.289. The van der Waals surface area contributed by atoms with Gasteiger partial charge < -0.3 is 55.3 Å². The van der Waals surface area contributed by atoms with Gasteiger partial charge in [-0.15, -0.1) is 0 Å². The van der Waals surface area contributed by atoms with Crippen LogP contribution in [0.1, 0.15) is 19.8 Å². The molecule has 0 heterocycles. The molecule has 0 aromatic carbocycles. The van der Waals surface area contributed by atoms with E-state index in [1.165, 1.54) is 0 Å². The summed E-state index contributed by atoms with van der Waals surface area (Å²) in [7, 11) is 2.19. The molecule has 0 aromatic rings. The molecule has 1 amide bonds. The second kappa shape index (κ2) is 13.7. The van der Waals surface area contributed by atoms with Crippen molar-refractivity contribution in [2.75, 3.05) is 20.8 Å². The minimum atomic E-state index is -2.20. The second-order valence-corrected chi connectivity index (χ2v) is 6.28. The SMILES string of the molecule is CO[C@H](CC(=O)O)C(O)[C@H](O)[C@@H](O)OC([C@H](O)CCO)[C@H](NC(C)=O)[C@@H](O)OC. The van der Waals surface area contributed by atoms with Crippen LogP contribution < -0.4 is 5.32 Å². The Hall–Kier alpha value is -1.42. The van der Waals surface area contributed by atoms with Crippen molar-refractivity contribution < 1.29 is 59.5 Å². The molecule has 0 saturated carbocycles. The van der Waals surface area contributed by atoms with Gasteiger partial charge >= 0.3 is 5.97 Å². The molecule has 172 valence electrons. The molecule has 0 rings (SSSR count). The molecule has 8 N–H and O–H groups in total. The Kier molecular flexibility index (Phi) is 13.1. The summed E-state index contributed by atoms with van der Waals surface area (Å²) >= 11 is 0. The third-order valence-corrected chi connectivity index (χ3v) is 4.07. The van der Waals surface area contributed by atoms with Crippen LogP contribution in [0.2, 0.25) is 0 Å². The van der Waals surface area contributed by atoms with Gasteiger partial charge in [-0.05, 0) is 6.42 Å². The van der Waals surface area contributed by atoms with E-state index in [0.29, 0.717) is 0 Å². The number of carbonyl (C=O) groups excluding carboxylic acids is 1. The summed E-state index contributed by atoms with van der Waals surface area (Å²) in [5.74, 6) is -1.98. The summed E-state index contributed by atoms with van der Waals surface area (Å²) in [6.45, 7) is 0.595. The van der Waals surface area contributed by atoms with Crippen LogP contribution in [0, 0.1) is 0 Å². The highest BCUT2D eigenvalue weighted by Gasteiger charge is 2.40. The number of methoxy groups -OCH3 is 2. The van der Waals surface area contributed by atoms with Crippen LogP contribution in [0.4, 0.5) is 0 Å². The Morgan fingerprint density at radius 1 is 0.966 bits per heavy atom. The fourth-order valence-corrected chi connectivity index (χ4v) is 2.55. The lowest BCUT2D eigenvalue weighted by Crippen LogP contribution is -2.58. The molecule has 0 saturated heterocycles. The van der Waals surface area contributed by atoms with E-state index >= 15 is 0 Å². The number of hydrogen-bond donors (Lipinski definition) is 8. The number of aliphatic hydroxyl groups excluding tert-OH is 6. The van der Waals surface area contributed by atoms with Gasteiger partial charge in [-0.1, -0.05) is 0 Å². The zero-order chi connectivity index (χ0) is 22.7. The first-order valence-electron chi connectivity index (χ1n) is 8.71. The van der Waals surface area contributed by atoms with Crippen molar-refractivity contribution in [3.63, 3.8) is 0 Å². The molecule has 0 aliphatic rings. The Morgan fingerprint density at radius 3 is 1.97 bits per heavy atom. The van der Waals surface area contributed by atoms with Crippen LogP contribution in [0.5, 0.6) is 0 Å². The number of carboxylic acid groups (broad SMARTS) is 1. The quantitative estimate of drug-likeness (QED) is 0.117. The lowest BCUT2D eigenvalue weighted by Gasteiger charge is -2.36. The van der Waals surface area contributed by atoms with Crippen molar-refractivity contribution in [2.45, 2.75) is 68.9 Å². The van der Waals surface area contributed by atoms with Crippen LogP contribution in [0.15, 0.2) is 0 Å². The zero-order valence-corrected chi connectivity index (χ0v) is 16.4. The van der Waals surface area contributed by atoms with Gasteiger partial charge in [0, 0.05) is 27.8 Å². The highest BCUT2D eigenvalue weighted by molar-refractivity contribution is 5.73. The predicted octanol–water partition coefficient (Wildman–Crippen LogP) is -3.89. The number of ether oxygens (including phenoxy) is 3. The van der Waals surface area contributed by atoms with Crippen molar-refractivity contribution in [1.82, 2.24) is 5.32 Å². The molecule has 2 unspecified atom stereocenters. The maximum absolute atomic E-state index is 11.4. The van der Waals surface area contributed by atoms with Gasteiger partial charge in [0.25, 0.3) is 0 Å². The third kappa shape index (κ3) is 9.29. The smallest absolute Gasteiger partial charge is 0.306 e. The molecule has 8 atom stereocenters. The standard InChI is InChI=1S/C16H31NO12/c1-7(19)17-11(15(25)28-3)14(8(20)4-5-18)29-16(26)13(24)12(23)9(27-2)6-10(21)22/h8-9,11-16,18,20,23-26H,4-6H2,1-3H3,(H,17,19)(H,21,22)/t8-,9-,11+,12?,13+,14?,15+,16+/m1/s1. The topological polar surface area (TPSA) is 215 Å². The van der Waals surface area contributed by atoms with E-state index in [0.717, 1.165) is 21.1 Å². The molecule has 0 bridgehead atoms. The normalized spacial score (nSPS) is 20.0. The van der Waals surface area contributed by atoms with Gasteiger partial charge in [0.1, 0.15) is 24.4 Å². The van der Waals surface area contributed by atoms with E-state index in [4.69, 9.17) is 24.4 Å². The van der Waals surface area contributed by atoms with Crippen LogP contribution >= 0.6 is 0 Å². The predicted molar refractivity (Wildman–Crippen MR) is 94.3 cm³/mol.